The second kappa shape index (κ2) is 3.01. The third-order valence-electron chi connectivity index (χ3n) is 4.82. The van der Waals surface area contributed by atoms with Crippen molar-refractivity contribution in [2.45, 2.75) is 32.7 Å². The fourth-order valence-electron chi connectivity index (χ4n) is 3.58. The number of para-hydroxylation sites is 1. The fourth-order valence-corrected chi connectivity index (χ4v) is 3.58. The van der Waals surface area contributed by atoms with E-state index in [9.17, 15) is 0 Å². The van der Waals surface area contributed by atoms with Gasteiger partial charge in [0, 0.05) is 17.6 Å². The highest BCUT2D eigenvalue weighted by Crippen LogP contribution is 2.53. The van der Waals surface area contributed by atoms with Gasteiger partial charge in [0.1, 0.15) is 0 Å². The van der Waals surface area contributed by atoms with Crippen LogP contribution < -0.4 is 5.32 Å². The van der Waals surface area contributed by atoms with Crippen molar-refractivity contribution in [1.82, 2.24) is 0 Å². The molecule has 3 rings (SSSR count). The summed E-state index contributed by atoms with van der Waals surface area (Å²) in [6.45, 7) is 7.21. The van der Waals surface area contributed by atoms with Gasteiger partial charge in [-0.25, -0.2) is 0 Å². The lowest BCUT2D eigenvalue weighted by atomic mass is 9.87. The zero-order valence-electron chi connectivity index (χ0n) is 9.70. The van der Waals surface area contributed by atoms with Gasteiger partial charge < -0.3 is 5.32 Å². The number of hydrogen-bond donors (Lipinski definition) is 1. The summed E-state index contributed by atoms with van der Waals surface area (Å²) in [5, 5.41) is 3.71. The van der Waals surface area contributed by atoms with Crippen LogP contribution in [0.4, 0.5) is 5.69 Å². The zero-order valence-corrected chi connectivity index (χ0v) is 9.70. The van der Waals surface area contributed by atoms with Gasteiger partial charge in [-0.15, -0.1) is 0 Å². The van der Waals surface area contributed by atoms with Crippen molar-refractivity contribution in [3.05, 3.63) is 29.8 Å². The van der Waals surface area contributed by atoms with Crippen LogP contribution in [0.1, 0.15) is 32.3 Å². The average Bonchev–Trinajstić information content (AvgIpc) is 2.72. The topological polar surface area (TPSA) is 12.0 Å². The summed E-state index contributed by atoms with van der Waals surface area (Å²) in [5.41, 5.74) is 2.92. The molecule has 1 aromatic rings. The second-order valence-corrected chi connectivity index (χ2v) is 5.36. The predicted octanol–water partition coefficient (Wildman–Crippen LogP) is 3.49. The van der Waals surface area contributed by atoms with Crippen molar-refractivity contribution in [2.75, 3.05) is 5.32 Å². The molecule has 5 unspecified atom stereocenters. The van der Waals surface area contributed by atoms with Gasteiger partial charge in [0.15, 0.2) is 0 Å². The molecule has 0 amide bonds. The van der Waals surface area contributed by atoms with Crippen molar-refractivity contribution in [1.29, 1.82) is 0 Å². The average molecular weight is 201 g/mol. The van der Waals surface area contributed by atoms with Crippen LogP contribution in [0.2, 0.25) is 0 Å². The molecule has 0 aromatic heterocycles. The first-order valence-corrected chi connectivity index (χ1v) is 6.05. The van der Waals surface area contributed by atoms with Gasteiger partial charge in [-0.05, 0) is 29.4 Å². The number of anilines is 1. The molecule has 1 aliphatic heterocycles. The largest absolute Gasteiger partial charge is 0.381 e. The van der Waals surface area contributed by atoms with Gasteiger partial charge in [-0.2, -0.15) is 0 Å². The maximum atomic E-state index is 3.71. The zero-order chi connectivity index (χ0) is 10.6. The van der Waals surface area contributed by atoms with Crippen molar-refractivity contribution < 1.29 is 0 Å². The van der Waals surface area contributed by atoms with Gasteiger partial charge in [-0.1, -0.05) is 39.0 Å². The SMILES string of the molecule is CC1C(C)C2Nc3ccccc3C2C1C. The molecule has 1 heteroatoms. The molecule has 1 saturated carbocycles. The molecule has 1 aliphatic carbocycles. The Bertz CT molecular complexity index is 385. The molecule has 0 saturated heterocycles. The summed E-state index contributed by atoms with van der Waals surface area (Å²) in [7, 11) is 0. The van der Waals surface area contributed by atoms with Crippen LogP contribution in [0, 0.1) is 17.8 Å². The standard InChI is InChI=1S/C14H19N/c1-8-9(2)13-11-6-4-5-7-12(11)15-14(13)10(8)3/h4-10,13-15H,1-3H3. The molecule has 15 heavy (non-hydrogen) atoms. The summed E-state index contributed by atoms with van der Waals surface area (Å²) in [6, 6.07) is 9.49. The molecule has 1 N–H and O–H groups in total. The lowest BCUT2D eigenvalue weighted by Crippen LogP contribution is -2.23. The van der Waals surface area contributed by atoms with Gasteiger partial charge in [0.2, 0.25) is 0 Å². The molecule has 1 nitrogen and oxygen atoms in total. The molecule has 1 heterocycles. The maximum absolute atomic E-state index is 3.71. The van der Waals surface area contributed by atoms with Crippen molar-refractivity contribution >= 4 is 5.69 Å². The van der Waals surface area contributed by atoms with E-state index < -0.39 is 0 Å². The minimum absolute atomic E-state index is 0.674. The molecule has 1 fully saturated rings. The number of rotatable bonds is 0. The number of fused-ring (bicyclic) bond motifs is 3. The van der Waals surface area contributed by atoms with E-state index in [-0.39, 0.29) is 0 Å². The van der Waals surface area contributed by atoms with E-state index in [0.29, 0.717) is 6.04 Å². The van der Waals surface area contributed by atoms with E-state index in [1.807, 2.05) is 0 Å². The molecule has 5 atom stereocenters. The Balaban J connectivity index is 2.06. The fraction of sp³-hybridized carbons (Fsp3) is 0.571. The molecule has 0 spiro atoms. The van der Waals surface area contributed by atoms with Gasteiger partial charge in [-0.3, -0.25) is 0 Å². The number of nitrogens with one attached hydrogen (secondary N) is 1. The lowest BCUT2D eigenvalue weighted by Gasteiger charge is -2.18. The van der Waals surface area contributed by atoms with Gasteiger partial charge in [0.05, 0.1) is 0 Å². The summed E-state index contributed by atoms with van der Waals surface area (Å²) in [5.74, 6) is 3.17. The minimum atomic E-state index is 0.674. The van der Waals surface area contributed by atoms with Crippen LogP contribution in [0.15, 0.2) is 24.3 Å². The highest BCUT2D eigenvalue weighted by atomic mass is 15.0. The predicted molar refractivity (Wildman–Crippen MR) is 64.1 cm³/mol. The second-order valence-electron chi connectivity index (χ2n) is 5.36. The molecule has 0 radical (unpaired) electrons. The Morgan fingerprint density at radius 2 is 1.67 bits per heavy atom. The third kappa shape index (κ3) is 1.09. The Hall–Kier alpha value is -0.980. The first-order chi connectivity index (χ1) is 7.20. The van der Waals surface area contributed by atoms with Gasteiger partial charge >= 0.3 is 0 Å². The maximum Gasteiger partial charge on any atom is 0.0378 e. The quantitative estimate of drug-likeness (QED) is 0.677. The first-order valence-electron chi connectivity index (χ1n) is 6.05. The third-order valence-corrected chi connectivity index (χ3v) is 4.82. The molecule has 1 aromatic carbocycles. The van der Waals surface area contributed by atoms with Crippen LogP contribution in [-0.2, 0) is 0 Å². The van der Waals surface area contributed by atoms with Crippen LogP contribution >= 0.6 is 0 Å². The molecular weight excluding hydrogens is 182 g/mol. The molecule has 2 aliphatic rings. The van der Waals surface area contributed by atoms with E-state index >= 15 is 0 Å². The highest BCUT2D eigenvalue weighted by molar-refractivity contribution is 5.60. The minimum Gasteiger partial charge on any atom is -0.381 e. The summed E-state index contributed by atoms with van der Waals surface area (Å²) in [4.78, 5) is 0. The molecule has 0 bridgehead atoms. The summed E-state index contributed by atoms with van der Waals surface area (Å²) in [6.07, 6.45) is 0. The van der Waals surface area contributed by atoms with E-state index in [2.05, 4.69) is 50.4 Å². The summed E-state index contributed by atoms with van der Waals surface area (Å²) >= 11 is 0. The van der Waals surface area contributed by atoms with Crippen LogP contribution in [0.25, 0.3) is 0 Å². The van der Waals surface area contributed by atoms with Crippen molar-refractivity contribution in [3.8, 4) is 0 Å². The Morgan fingerprint density at radius 3 is 2.47 bits per heavy atom. The summed E-state index contributed by atoms with van der Waals surface area (Å²) < 4.78 is 0. The van der Waals surface area contributed by atoms with Crippen LogP contribution in [0.3, 0.4) is 0 Å². The number of hydrogen-bond acceptors (Lipinski definition) is 1. The van der Waals surface area contributed by atoms with E-state index in [1.165, 1.54) is 5.69 Å². The Kier molecular flexibility index (Phi) is 1.86. The van der Waals surface area contributed by atoms with Crippen LogP contribution in [-0.4, -0.2) is 6.04 Å². The van der Waals surface area contributed by atoms with Crippen molar-refractivity contribution in [2.24, 2.45) is 17.8 Å². The van der Waals surface area contributed by atoms with Gasteiger partial charge in [0.25, 0.3) is 0 Å². The van der Waals surface area contributed by atoms with E-state index in [4.69, 9.17) is 0 Å². The van der Waals surface area contributed by atoms with E-state index in [1.54, 1.807) is 5.56 Å². The van der Waals surface area contributed by atoms with E-state index in [0.717, 1.165) is 23.7 Å². The molecular formula is C14H19N. The highest BCUT2D eigenvalue weighted by Gasteiger charge is 2.48. The Morgan fingerprint density at radius 1 is 0.933 bits per heavy atom. The first kappa shape index (κ1) is 9.26. The smallest absolute Gasteiger partial charge is 0.0378 e. The monoisotopic (exact) mass is 201 g/mol. The Labute approximate surface area is 91.9 Å². The molecule has 80 valence electrons. The normalized spacial score (nSPS) is 42.2. The number of benzene rings is 1. The lowest BCUT2D eigenvalue weighted by molar-refractivity contribution is 0.366. The van der Waals surface area contributed by atoms with Crippen molar-refractivity contribution in [3.63, 3.8) is 0 Å². The van der Waals surface area contributed by atoms with Crippen LogP contribution in [0.5, 0.6) is 0 Å².